The van der Waals surface area contributed by atoms with Crippen molar-refractivity contribution in [1.82, 2.24) is 9.13 Å². The van der Waals surface area contributed by atoms with Crippen LogP contribution < -0.4 is 5.69 Å². The minimum absolute atomic E-state index is 0.188. The van der Waals surface area contributed by atoms with Crippen LogP contribution in [0.5, 0.6) is 0 Å². The number of aromatic carboxylic acids is 1. The van der Waals surface area contributed by atoms with Gasteiger partial charge < -0.3 is 5.11 Å². The molecule has 0 amide bonds. The normalized spacial score (nSPS) is 10.9. The lowest BCUT2D eigenvalue weighted by molar-refractivity contribution is 0.0697. The lowest BCUT2D eigenvalue weighted by Crippen LogP contribution is -2.26. The number of carbonyl (C=O) groups excluding carboxylic acids is 1. The Morgan fingerprint density at radius 1 is 0.857 bits per heavy atom. The van der Waals surface area contributed by atoms with E-state index in [1.807, 2.05) is 67.6 Å². The zero-order valence-electron chi connectivity index (χ0n) is 19.7. The molecular formula is C29H28N2O4. The highest BCUT2D eigenvalue weighted by Gasteiger charge is 2.19. The summed E-state index contributed by atoms with van der Waals surface area (Å²) in [6, 6.07) is 24.3. The molecule has 1 heterocycles. The number of hydrogen-bond acceptors (Lipinski definition) is 3. The van der Waals surface area contributed by atoms with Crippen molar-refractivity contribution in [3.05, 3.63) is 117 Å². The number of aldehydes is 1. The molecule has 3 aromatic carbocycles. The molecule has 0 unspecified atom stereocenters. The minimum Gasteiger partial charge on any atom is -0.478 e. The molecule has 35 heavy (non-hydrogen) atoms. The Balaban J connectivity index is 1.64. The molecule has 178 valence electrons. The summed E-state index contributed by atoms with van der Waals surface area (Å²) in [5, 5.41) is 9.49. The van der Waals surface area contributed by atoms with Gasteiger partial charge in [0, 0.05) is 6.54 Å². The molecule has 6 nitrogen and oxygen atoms in total. The van der Waals surface area contributed by atoms with Crippen molar-refractivity contribution in [3.63, 3.8) is 0 Å². The van der Waals surface area contributed by atoms with Gasteiger partial charge >= 0.3 is 11.7 Å². The third-order valence-corrected chi connectivity index (χ3v) is 6.20. The molecule has 0 saturated heterocycles. The van der Waals surface area contributed by atoms with Gasteiger partial charge in [0.1, 0.15) is 5.69 Å². The summed E-state index contributed by atoms with van der Waals surface area (Å²) < 4.78 is 3.28. The third kappa shape index (κ3) is 5.17. The second-order valence-corrected chi connectivity index (χ2v) is 8.50. The van der Waals surface area contributed by atoms with Crippen molar-refractivity contribution in [2.24, 2.45) is 0 Å². The van der Waals surface area contributed by atoms with Crippen LogP contribution in [0.1, 0.15) is 51.0 Å². The number of imidazole rings is 1. The molecule has 4 rings (SSSR count). The van der Waals surface area contributed by atoms with E-state index in [-0.39, 0.29) is 11.3 Å². The van der Waals surface area contributed by atoms with E-state index in [4.69, 9.17) is 0 Å². The van der Waals surface area contributed by atoms with E-state index < -0.39 is 5.97 Å². The lowest BCUT2D eigenvalue weighted by atomic mass is 9.99. The van der Waals surface area contributed by atoms with Crippen LogP contribution in [0.15, 0.2) is 83.7 Å². The SMILES string of the molecule is CCCc1c(C=O)n(CCc2ccccc2)c(=O)n1Cc1ccc(-c2ccccc2C(=O)O)cc1. The number of nitrogens with zero attached hydrogens (tertiary/aromatic N) is 2. The van der Waals surface area contributed by atoms with Gasteiger partial charge in [0.15, 0.2) is 6.29 Å². The molecule has 0 fully saturated rings. The standard InChI is InChI=1S/C29H28N2O4/c1-2-8-26-27(20-32)30(18-17-21-9-4-3-5-10-21)29(35)31(26)19-22-13-15-23(16-14-22)24-11-6-7-12-25(24)28(33)34/h3-7,9-16,20H,2,8,17-19H2,1H3,(H,33,34). The Morgan fingerprint density at radius 2 is 1.54 bits per heavy atom. The number of carbonyl (C=O) groups is 2. The Labute approximate surface area is 204 Å². The number of rotatable bonds is 10. The van der Waals surface area contributed by atoms with Gasteiger partial charge in [-0.3, -0.25) is 13.9 Å². The molecule has 6 heteroatoms. The van der Waals surface area contributed by atoms with E-state index >= 15 is 0 Å². The van der Waals surface area contributed by atoms with Gasteiger partial charge in [0.25, 0.3) is 0 Å². The Hall–Kier alpha value is -4.19. The predicted molar refractivity (Wildman–Crippen MR) is 136 cm³/mol. The summed E-state index contributed by atoms with van der Waals surface area (Å²) >= 11 is 0. The fourth-order valence-corrected chi connectivity index (χ4v) is 4.45. The summed E-state index contributed by atoms with van der Waals surface area (Å²) in [4.78, 5) is 37.0. The fourth-order valence-electron chi connectivity index (χ4n) is 4.45. The van der Waals surface area contributed by atoms with Crippen molar-refractivity contribution in [2.75, 3.05) is 0 Å². The molecular weight excluding hydrogens is 440 g/mol. The molecule has 0 spiro atoms. The number of hydrogen-bond donors (Lipinski definition) is 1. The van der Waals surface area contributed by atoms with Crippen LogP contribution in [0.4, 0.5) is 0 Å². The number of carboxylic acids is 1. The average molecular weight is 469 g/mol. The second kappa shape index (κ2) is 10.8. The van der Waals surface area contributed by atoms with Gasteiger partial charge in [-0.2, -0.15) is 0 Å². The number of aryl methyl sites for hydroxylation is 1. The first kappa shape index (κ1) is 24.0. The summed E-state index contributed by atoms with van der Waals surface area (Å²) in [6.07, 6.45) is 2.90. The monoisotopic (exact) mass is 468 g/mol. The second-order valence-electron chi connectivity index (χ2n) is 8.50. The molecule has 0 radical (unpaired) electrons. The van der Waals surface area contributed by atoms with Crippen LogP contribution in [0.2, 0.25) is 0 Å². The number of aromatic nitrogens is 2. The van der Waals surface area contributed by atoms with E-state index in [9.17, 15) is 19.5 Å². The first-order valence-electron chi connectivity index (χ1n) is 11.8. The summed E-state index contributed by atoms with van der Waals surface area (Å²) in [5.74, 6) is -0.973. The van der Waals surface area contributed by atoms with Crippen molar-refractivity contribution in [1.29, 1.82) is 0 Å². The van der Waals surface area contributed by atoms with Crippen LogP contribution in [-0.4, -0.2) is 26.5 Å². The molecule has 0 aliphatic heterocycles. The van der Waals surface area contributed by atoms with Crippen LogP contribution in [0.3, 0.4) is 0 Å². The van der Waals surface area contributed by atoms with Gasteiger partial charge in [0.05, 0.1) is 17.8 Å². The van der Waals surface area contributed by atoms with Crippen LogP contribution in [0, 0.1) is 0 Å². The fraction of sp³-hybridized carbons (Fsp3) is 0.207. The highest BCUT2D eigenvalue weighted by molar-refractivity contribution is 5.96. The molecule has 0 bridgehead atoms. The maximum atomic E-state index is 13.4. The van der Waals surface area contributed by atoms with Gasteiger partial charge in [0.2, 0.25) is 0 Å². The zero-order valence-corrected chi connectivity index (χ0v) is 19.7. The smallest absolute Gasteiger partial charge is 0.336 e. The summed E-state index contributed by atoms with van der Waals surface area (Å²) in [5.41, 5.74) is 4.70. The largest absolute Gasteiger partial charge is 0.478 e. The van der Waals surface area contributed by atoms with E-state index in [2.05, 4.69) is 0 Å². The molecule has 1 aromatic heterocycles. The maximum Gasteiger partial charge on any atom is 0.336 e. The van der Waals surface area contributed by atoms with E-state index in [0.717, 1.165) is 35.1 Å². The van der Waals surface area contributed by atoms with Crippen molar-refractivity contribution >= 4 is 12.3 Å². The van der Waals surface area contributed by atoms with Gasteiger partial charge in [-0.05, 0) is 41.2 Å². The Kier molecular flexibility index (Phi) is 7.41. The molecule has 0 atom stereocenters. The first-order valence-corrected chi connectivity index (χ1v) is 11.8. The highest BCUT2D eigenvalue weighted by atomic mass is 16.4. The van der Waals surface area contributed by atoms with E-state index in [1.165, 1.54) is 0 Å². The first-order chi connectivity index (χ1) is 17.0. The number of carboxylic acid groups (broad SMARTS) is 1. The average Bonchev–Trinajstić information content (AvgIpc) is 3.13. The topological polar surface area (TPSA) is 81.3 Å². The van der Waals surface area contributed by atoms with Gasteiger partial charge in [-0.1, -0.05) is 86.1 Å². The Morgan fingerprint density at radius 3 is 2.20 bits per heavy atom. The van der Waals surface area contributed by atoms with Crippen molar-refractivity contribution in [3.8, 4) is 11.1 Å². The quantitative estimate of drug-likeness (QED) is 0.330. The van der Waals surface area contributed by atoms with Crippen molar-refractivity contribution in [2.45, 2.75) is 39.3 Å². The van der Waals surface area contributed by atoms with Crippen LogP contribution >= 0.6 is 0 Å². The molecule has 0 aliphatic rings. The third-order valence-electron chi connectivity index (χ3n) is 6.20. The summed E-state index contributed by atoms with van der Waals surface area (Å²) in [7, 11) is 0. The van der Waals surface area contributed by atoms with Crippen LogP contribution in [-0.2, 0) is 25.9 Å². The van der Waals surface area contributed by atoms with Crippen molar-refractivity contribution < 1.29 is 14.7 Å². The minimum atomic E-state index is -0.973. The number of benzene rings is 3. The molecule has 1 N–H and O–H groups in total. The summed E-state index contributed by atoms with van der Waals surface area (Å²) in [6.45, 7) is 2.80. The Bertz CT molecular complexity index is 1380. The lowest BCUT2D eigenvalue weighted by Gasteiger charge is -2.10. The predicted octanol–water partition coefficient (Wildman–Crippen LogP) is 5.07. The van der Waals surface area contributed by atoms with Gasteiger partial charge in [-0.25, -0.2) is 9.59 Å². The zero-order chi connectivity index (χ0) is 24.8. The molecule has 4 aromatic rings. The van der Waals surface area contributed by atoms with E-state index in [0.29, 0.717) is 37.2 Å². The molecule has 0 saturated carbocycles. The van der Waals surface area contributed by atoms with Crippen LogP contribution in [0.25, 0.3) is 11.1 Å². The highest BCUT2D eigenvalue weighted by Crippen LogP contribution is 2.24. The van der Waals surface area contributed by atoms with E-state index in [1.54, 1.807) is 27.3 Å². The maximum absolute atomic E-state index is 13.4. The van der Waals surface area contributed by atoms with Gasteiger partial charge in [-0.15, -0.1) is 0 Å². The molecule has 0 aliphatic carbocycles.